The second-order valence-corrected chi connectivity index (χ2v) is 9.41. The van der Waals surface area contributed by atoms with Crippen LogP contribution in [0.4, 0.5) is 5.69 Å². The van der Waals surface area contributed by atoms with E-state index in [1.54, 1.807) is 0 Å². The molecule has 3 aliphatic rings. The van der Waals surface area contributed by atoms with Crippen molar-refractivity contribution in [2.75, 3.05) is 23.7 Å². The number of thioether (sulfide) groups is 1. The van der Waals surface area contributed by atoms with Gasteiger partial charge >= 0.3 is 0 Å². The minimum Gasteiger partial charge on any atom is -0.372 e. The number of rotatable bonds is 4. The fourth-order valence-electron chi connectivity index (χ4n) is 5.03. The van der Waals surface area contributed by atoms with Gasteiger partial charge in [0.05, 0.1) is 11.7 Å². The predicted octanol–water partition coefficient (Wildman–Crippen LogP) is 5.36. The molecule has 0 bridgehead atoms. The van der Waals surface area contributed by atoms with Gasteiger partial charge in [0, 0.05) is 36.8 Å². The first-order valence-electron chi connectivity index (χ1n) is 11.0. The Morgan fingerprint density at radius 3 is 2.69 bits per heavy atom. The summed E-state index contributed by atoms with van der Waals surface area (Å²) in [5.74, 6) is 1.14. The highest BCUT2D eigenvalue weighted by Crippen LogP contribution is 2.49. The molecule has 0 aliphatic carbocycles. The summed E-state index contributed by atoms with van der Waals surface area (Å²) >= 11 is 1.91. The van der Waals surface area contributed by atoms with Gasteiger partial charge < -0.3 is 9.80 Å². The zero-order chi connectivity index (χ0) is 19.8. The third-order valence-electron chi connectivity index (χ3n) is 6.62. The topological polar surface area (TPSA) is 31.7 Å². The number of hydrogen-bond donors (Lipinski definition) is 0. The number of hydrogen-bond acceptors (Lipinski definition) is 5. The quantitative estimate of drug-likeness (QED) is 0.684. The lowest BCUT2D eigenvalue weighted by molar-refractivity contribution is 0.254. The van der Waals surface area contributed by atoms with E-state index in [4.69, 9.17) is 4.99 Å². The average Bonchev–Trinajstić information content (AvgIpc) is 3.34. The second kappa shape index (κ2) is 8.02. The number of aryl methyl sites for hydroxylation is 1. The van der Waals surface area contributed by atoms with E-state index in [1.165, 1.54) is 54.3 Å². The Kier molecular flexibility index (Phi) is 5.25. The van der Waals surface area contributed by atoms with Crippen molar-refractivity contribution in [3.8, 4) is 0 Å². The molecular formula is C24H30N4S. The van der Waals surface area contributed by atoms with Crippen molar-refractivity contribution in [2.45, 2.75) is 57.7 Å². The number of pyridine rings is 1. The molecule has 2 aromatic rings. The standard InChI is InChI=1S/C24H30N4S/c1-3-18-16-29-24-26-22(21-9-5-6-12-25-21)23(28(18)24)20-11-10-19(15-17(20)2)27-13-7-4-8-14-27/h5-6,9-12,15,18,22-23H,3-4,7-8,13-14,16H2,1-2H3/t18-,22+,23-/m1/s1. The van der Waals surface area contributed by atoms with Crippen molar-refractivity contribution >= 4 is 22.6 Å². The number of nitrogens with zero attached hydrogens (tertiary/aromatic N) is 4. The van der Waals surface area contributed by atoms with Crippen LogP contribution in [-0.2, 0) is 0 Å². The van der Waals surface area contributed by atoms with Crippen LogP contribution in [0.25, 0.3) is 0 Å². The van der Waals surface area contributed by atoms with Gasteiger partial charge in [0.25, 0.3) is 0 Å². The van der Waals surface area contributed by atoms with E-state index in [0.717, 1.165) is 17.9 Å². The summed E-state index contributed by atoms with van der Waals surface area (Å²) in [6.07, 6.45) is 7.04. The van der Waals surface area contributed by atoms with E-state index in [1.807, 2.05) is 24.0 Å². The molecule has 5 rings (SSSR count). The number of aromatic nitrogens is 1. The van der Waals surface area contributed by atoms with E-state index in [2.05, 4.69) is 59.0 Å². The Labute approximate surface area is 178 Å². The molecule has 2 saturated heterocycles. The predicted molar refractivity (Wildman–Crippen MR) is 123 cm³/mol. The number of anilines is 1. The lowest BCUT2D eigenvalue weighted by Crippen LogP contribution is -2.35. The molecule has 4 heterocycles. The number of aliphatic imine (C=N–C) groups is 1. The molecule has 0 N–H and O–H groups in total. The summed E-state index contributed by atoms with van der Waals surface area (Å²) in [6, 6.07) is 14.2. The summed E-state index contributed by atoms with van der Waals surface area (Å²) in [7, 11) is 0. The summed E-state index contributed by atoms with van der Waals surface area (Å²) in [4.78, 5) is 15.0. The molecule has 5 heteroatoms. The largest absolute Gasteiger partial charge is 0.372 e. The van der Waals surface area contributed by atoms with Gasteiger partial charge in [0.2, 0.25) is 0 Å². The van der Waals surface area contributed by atoms with Gasteiger partial charge in [-0.3, -0.25) is 9.98 Å². The van der Waals surface area contributed by atoms with Crippen molar-refractivity contribution in [2.24, 2.45) is 4.99 Å². The van der Waals surface area contributed by atoms with E-state index in [9.17, 15) is 0 Å². The third kappa shape index (κ3) is 3.43. The summed E-state index contributed by atoms with van der Waals surface area (Å²) in [5.41, 5.74) is 5.24. The van der Waals surface area contributed by atoms with Crippen molar-refractivity contribution in [1.82, 2.24) is 9.88 Å². The first kappa shape index (κ1) is 19.0. The van der Waals surface area contributed by atoms with E-state index < -0.39 is 0 Å². The van der Waals surface area contributed by atoms with Gasteiger partial charge in [-0.25, -0.2) is 0 Å². The maximum absolute atomic E-state index is 5.16. The van der Waals surface area contributed by atoms with Crippen LogP contribution in [0.1, 0.15) is 61.5 Å². The SMILES string of the molecule is CC[C@@H]1CSC2=N[C@@H](c3ccccn3)[C@@H](c3ccc(N4CCCCC4)cc3C)N21. The van der Waals surface area contributed by atoms with Crippen LogP contribution in [-0.4, -0.2) is 39.9 Å². The van der Waals surface area contributed by atoms with Gasteiger partial charge in [-0.15, -0.1) is 0 Å². The molecule has 29 heavy (non-hydrogen) atoms. The lowest BCUT2D eigenvalue weighted by Gasteiger charge is -2.34. The maximum atomic E-state index is 5.16. The zero-order valence-electron chi connectivity index (χ0n) is 17.4. The molecule has 3 atom stereocenters. The molecule has 1 aromatic carbocycles. The number of fused-ring (bicyclic) bond motifs is 1. The van der Waals surface area contributed by atoms with Gasteiger partial charge in [0.1, 0.15) is 6.04 Å². The molecular weight excluding hydrogens is 376 g/mol. The minimum absolute atomic E-state index is 0.0765. The molecule has 0 saturated carbocycles. The van der Waals surface area contributed by atoms with Crippen LogP contribution in [0.15, 0.2) is 47.6 Å². The molecule has 0 spiro atoms. The summed E-state index contributed by atoms with van der Waals surface area (Å²) < 4.78 is 0. The van der Waals surface area contributed by atoms with Gasteiger partial charge in [0.15, 0.2) is 5.17 Å². The Morgan fingerprint density at radius 1 is 1.10 bits per heavy atom. The van der Waals surface area contributed by atoms with E-state index >= 15 is 0 Å². The maximum Gasteiger partial charge on any atom is 0.160 e. The van der Waals surface area contributed by atoms with Crippen molar-refractivity contribution in [3.05, 3.63) is 59.4 Å². The van der Waals surface area contributed by atoms with E-state index in [-0.39, 0.29) is 12.1 Å². The van der Waals surface area contributed by atoms with Crippen LogP contribution in [0.3, 0.4) is 0 Å². The Bertz CT molecular complexity index is 891. The molecule has 2 fully saturated rings. The van der Waals surface area contributed by atoms with Crippen molar-refractivity contribution in [3.63, 3.8) is 0 Å². The number of benzene rings is 1. The van der Waals surface area contributed by atoms with Crippen LogP contribution in [0.2, 0.25) is 0 Å². The van der Waals surface area contributed by atoms with Crippen LogP contribution < -0.4 is 4.90 Å². The average molecular weight is 407 g/mol. The highest BCUT2D eigenvalue weighted by Gasteiger charge is 2.45. The van der Waals surface area contributed by atoms with Crippen LogP contribution >= 0.6 is 11.8 Å². The van der Waals surface area contributed by atoms with Gasteiger partial charge in [-0.05, 0) is 68.0 Å². The van der Waals surface area contributed by atoms with Crippen molar-refractivity contribution in [1.29, 1.82) is 0 Å². The normalized spacial score (nSPS) is 26.6. The van der Waals surface area contributed by atoms with Gasteiger partial charge in [-0.2, -0.15) is 0 Å². The molecule has 0 amide bonds. The lowest BCUT2D eigenvalue weighted by atomic mass is 9.91. The smallest absolute Gasteiger partial charge is 0.160 e. The zero-order valence-corrected chi connectivity index (χ0v) is 18.2. The van der Waals surface area contributed by atoms with E-state index in [0.29, 0.717) is 6.04 Å². The number of piperidine rings is 1. The number of amidine groups is 1. The second-order valence-electron chi connectivity index (χ2n) is 8.42. The van der Waals surface area contributed by atoms with Crippen LogP contribution in [0, 0.1) is 6.92 Å². The Balaban J connectivity index is 1.52. The third-order valence-corrected chi connectivity index (χ3v) is 7.75. The van der Waals surface area contributed by atoms with Crippen LogP contribution in [0.5, 0.6) is 0 Å². The summed E-state index contributed by atoms with van der Waals surface area (Å²) in [6.45, 7) is 6.95. The van der Waals surface area contributed by atoms with Crippen molar-refractivity contribution < 1.29 is 0 Å². The molecule has 1 aromatic heterocycles. The minimum atomic E-state index is 0.0765. The molecule has 3 aliphatic heterocycles. The molecule has 0 radical (unpaired) electrons. The molecule has 0 unspecified atom stereocenters. The first-order valence-corrected chi connectivity index (χ1v) is 12.0. The Hall–Kier alpha value is -2.01. The van der Waals surface area contributed by atoms with Gasteiger partial charge in [-0.1, -0.05) is 30.8 Å². The Morgan fingerprint density at radius 2 is 1.97 bits per heavy atom. The monoisotopic (exact) mass is 406 g/mol. The highest BCUT2D eigenvalue weighted by molar-refractivity contribution is 8.14. The molecule has 4 nitrogen and oxygen atoms in total. The fourth-order valence-corrected chi connectivity index (χ4v) is 6.36. The first-order chi connectivity index (χ1) is 14.3. The highest BCUT2D eigenvalue weighted by atomic mass is 32.2. The fraction of sp³-hybridized carbons (Fsp3) is 0.500. The summed E-state index contributed by atoms with van der Waals surface area (Å²) in [5, 5.41) is 1.21. The molecule has 152 valence electrons.